The van der Waals surface area contributed by atoms with Gasteiger partial charge in [0.15, 0.2) is 0 Å². The number of urea groups is 2. The minimum absolute atomic E-state index is 0.0772. The predicted molar refractivity (Wildman–Crippen MR) is 124 cm³/mol. The maximum Gasteiger partial charge on any atom is 0.416 e. The number of para-hydroxylation sites is 1. The molecule has 0 aliphatic carbocycles. The molecule has 6 nitrogen and oxygen atoms in total. The van der Waals surface area contributed by atoms with Gasteiger partial charge in [0.25, 0.3) is 0 Å². The van der Waals surface area contributed by atoms with E-state index in [4.69, 9.17) is 0 Å². The third-order valence-electron chi connectivity index (χ3n) is 6.42. The van der Waals surface area contributed by atoms with E-state index >= 15 is 0 Å². The first-order chi connectivity index (χ1) is 16.3. The molecule has 2 N–H and O–H groups in total. The van der Waals surface area contributed by atoms with Gasteiger partial charge in [0, 0.05) is 43.8 Å². The molecule has 0 bridgehead atoms. The molecular formula is C25H29F3N4O2. The summed E-state index contributed by atoms with van der Waals surface area (Å²) in [5.74, 6) is -0.188. The van der Waals surface area contributed by atoms with Crippen LogP contribution in [0.1, 0.15) is 42.7 Å². The molecule has 182 valence electrons. The van der Waals surface area contributed by atoms with E-state index in [2.05, 4.69) is 10.6 Å². The molecule has 2 aromatic rings. The van der Waals surface area contributed by atoms with Crippen molar-refractivity contribution in [3.05, 3.63) is 65.7 Å². The van der Waals surface area contributed by atoms with Crippen LogP contribution in [0.3, 0.4) is 0 Å². The Labute approximate surface area is 197 Å². The third-order valence-corrected chi connectivity index (χ3v) is 6.42. The SMILES string of the molecule is O=C(Nc1ccccc1)NC1CC(c2ccc(C(F)(F)F)cc2)CN(C(=O)N2CCCCC2)C1. The number of carbonyl (C=O) groups excluding carboxylic acids is 2. The van der Waals surface area contributed by atoms with Gasteiger partial charge >= 0.3 is 18.2 Å². The zero-order valence-corrected chi connectivity index (χ0v) is 18.9. The molecule has 0 radical (unpaired) electrons. The molecule has 4 amide bonds. The monoisotopic (exact) mass is 474 g/mol. The van der Waals surface area contributed by atoms with E-state index in [1.54, 1.807) is 17.0 Å². The van der Waals surface area contributed by atoms with Crippen LogP contribution in [-0.2, 0) is 6.18 Å². The smallest absolute Gasteiger partial charge is 0.333 e. The van der Waals surface area contributed by atoms with Crippen molar-refractivity contribution in [1.29, 1.82) is 0 Å². The van der Waals surface area contributed by atoms with Gasteiger partial charge in [-0.05, 0) is 55.5 Å². The lowest BCUT2D eigenvalue weighted by atomic mass is 9.87. The first-order valence-electron chi connectivity index (χ1n) is 11.6. The Hall–Kier alpha value is -3.23. The van der Waals surface area contributed by atoms with Crippen LogP contribution < -0.4 is 10.6 Å². The number of nitrogens with zero attached hydrogens (tertiary/aromatic N) is 2. The Kier molecular flexibility index (Phi) is 7.29. The van der Waals surface area contributed by atoms with E-state index in [9.17, 15) is 22.8 Å². The molecule has 2 aliphatic heterocycles. The molecule has 2 fully saturated rings. The second kappa shape index (κ2) is 10.4. The summed E-state index contributed by atoms with van der Waals surface area (Å²) in [5, 5.41) is 5.73. The van der Waals surface area contributed by atoms with Crippen molar-refractivity contribution >= 4 is 17.7 Å². The lowest BCUT2D eigenvalue weighted by Crippen LogP contribution is -2.56. The van der Waals surface area contributed by atoms with Crippen molar-refractivity contribution in [2.45, 2.75) is 43.8 Å². The molecule has 2 unspecified atom stereocenters. The fourth-order valence-corrected chi connectivity index (χ4v) is 4.70. The number of piperidine rings is 2. The number of hydrogen-bond acceptors (Lipinski definition) is 2. The lowest BCUT2D eigenvalue weighted by molar-refractivity contribution is -0.137. The highest BCUT2D eigenvalue weighted by Gasteiger charge is 2.35. The Morgan fingerprint density at radius 1 is 0.853 bits per heavy atom. The lowest BCUT2D eigenvalue weighted by Gasteiger charge is -2.41. The standard InChI is InChI=1S/C25H29F3N4O2/c26-25(27,28)20-11-9-18(10-12-20)19-15-22(30-23(33)29-21-7-3-1-4-8-21)17-32(16-19)24(34)31-13-5-2-6-14-31/h1,3-4,7-12,19,22H,2,5-6,13-17H2,(H2,29,30,33). The summed E-state index contributed by atoms with van der Waals surface area (Å²) in [6.07, 6.45) is -0.855. The van der Waals surface area contributed by atoms with Gasteiger partial charge in [-0.2, -0.15) is 13.2 Å². The van der Waals surface area contributed by atoms with Crippen LogP contribution in [0.25, 0.3) is 0 Å². The third kappa shape index (κ3) is 6.01. The van der Waals surface area contributed by atoms with E-state index in [0.717, 1.165) is 37.0 Å². The van der Waals surface area contributed by atoms with Gasteiger partial charge in [0.1, 0.15) is 0 Å². The average molecular weight is 475 g/mol. The number of likely N-dealkylation sites (tertiary alicyclic amines) is 2. The van der Waals surface area contributed by atoms with E-state index in [1.807, 2.05) is 23.1 Å². The maximum atomic E-state index is 13.2. The van der Waals surface area contributed by atoms with Crippen molar-refractivity contribution in [3.63, 3.8) is 0 Å². The fourth-order valence-electron chi connectivity index (χ4n) is 4.70. The summed E-state index contributed by atoms with van der Waals surface area (Å²) in [4.78, 5) is 29.4. The minimum Gasteiger partial charge on any atom is -0.333 e. The molecule has 2 heterocycles. The van der Waals surface area contributed by atoms with Crippen molar-refractivity contribution in [1.82, 2.24) is 15.1 Å². The normalized spacial score (nSPS) is 21.1. The van der Waals surface area contributed by atoms with Gasteiger partial charge in [0.2, 0.25) is 0 Å². The molecule has 4 rings (SSSR count). The molecule has 34 heavy (non-hydrogen) atoms. The van der Waals surface area contributed by atoms with Crippen LogP contribution in [0, 0.1) is 0 Å². The topological polar surface area (TPSA) is 64.7 Å². The molecule has 2 aromatic carbocycles. The summed E-state index contributed by atoms with van der Waals surface area (Å²) < 4.78 is 39.0. The zero-order valence-electron chi connectivity index (χ0n) is 18.9. The number of benzene rings is 2. The molecule has 0 spiro atoms. The number of anilines is 1. The van der Waals surface area contributed by atoms with Crippen LogP contribution in [0.15, 0.2) is 54.6 Å². The van der Waals surface area contributed by atoms with Crippen molar-refractivity contribution < 1.29 is 22.8 Å². The van der Waals surface area contributed by atoms with Crippen LogP contribution in [0.4, 0.5) is 28.4 Å². The quantitative estimate of drug-likeness (QED) is 0.635. The molecule has 2 saturated heterocycles. The number of alkyl halides is 3. The highest BCUT2D eigenvalue weighted by molar-refractivity contribution is 5.89. The summed E-state index contributed by atoms with van der Waals surface area (Å²) in [7, 11) is 0. The number of amides is 4. The second-order valence-corrected chi connectivity index (χ2v) is 8.95. The van der Waals surface area contributed by atoms with Gasteiger partial charge in [-0.15, -0.1) is 0 Å². The second-order valence-electron chi connectivity index (χ2n) is 8.95. The number of carbonyl (C=O) groups is 2. The number of nitrogens with one attached hydrogen (secondary N) is 2. The van der Waals surface area contributed by atoms with E-state index in [-0.39, 0.29) is 24.0 Å². The highest BCUT2D eigenvalue weighted by Crippen LogP contribution is 2.33. The van der Waals surface area contributed by atoms with E-state index in [0.29, 0.717) is 38.3 Å². The predicted octanol–water partition coefficient (Wildman–Crippen LogP) is 5.29. The Bertz CT molecular complexity index is 976. The van der Waals surface area contributed by atoms with Gasteiger partial charge in [-0.3, -0.25) is 0 Å². The number of hydrogen-bond donors (Lipinski definition) is 2. The maximum absolute atomic E-state index is 13.2. The van der Waals surface area contributed by atoms with Crippen molar-refractivity contribution in [2.75, 3.05) is 31.5 Å². The van der Waals surface area contributed by atoms with Gasteiger partial charge in [-0.25, -0.2) is 9.59 Å². The Morgan fingerprint density at radius 2 is 1.53 bits per heavy atom. The van der Waals surface area contributed by atoms with E-state index < -0.39 is 11.7 Å². The first-order valence-corrected chi connectivity index (χ1v) is 11.6. The summed E-state index contributed by atoms with van der Waals surface area (Å²) >= 11 is 0. The fraction of sp³-hybridized carbons (Fsp3) is 0.440. The van der Waals surface area contributed by atoms with Gasteiger partial charge in [-0.1, -0.05) is 30.3 Å². The van der Waals surface area contributed by atoms with Crippen LogP contribution in [-0.4, -0.2) is 54.1 Å². The largest absolute Gasteiger partial charge is 0.416 e. The van der Waals surface area contributed by atoms with Crippen molar-refractivity contribution in [3.8, 4) is 0 Å². The average Bonchev–Trinajstić information content (AvgIpc) is 2.84. The number of rotatable bonds is 3. The summed E-state index contributed by atoms with van der Waals surface area (Å²) in [6, 6.07) is 13.3. The van der Waals surface area contributed by atoms with Gasteiger partial charge in [0.05, 0.1) is 5.56 Å². The molecule has 0 aromatic heterocycles. The molecule has 9 heteroatoms. The van der Waals surface area contributed by atoms with Crippen LogP contribution in [0.2, 0.25) is 0 Å². The molecule has 2 aliphatic rings. The zero-order chi connectivity index (χ0) is 24.1. The minimum atomic E-state index is -4.40. The molecule has 2 atom stereocenters. The van der Waals surface area contributed by atoms with Crippen molar-refractivity contribution in [2.24, 2.45) is 0 Å². The number of halogens is 3. The molecular weight excluding hydrogens is 445 g/mol. The highest BCUT2D eigenvalue weighted by atomic mass is 19.4. The van der Waals surface area contributed by atoms with Gasteiger partial charge < -0.3 is 20.4 Å². The summed E-state index contributed by atoms with van der Waals surface area (Å²) in [5.41, 5.74) is 0.668. The Balaban J connectivity index is 1.49. The van der Waals surface area contributed by atoms with Crippen LogP contribution >= 0.6 is 0 Å². The van der Waals surface area contributed by atoms with Crippen LogP contribution in [0.5, 0.6) is 0 Å². The first kappa shape index (κ1) is 23.9. The Morgan fingerprint density at radius 3 is 2.18 bits per heavy atom. The molecule has 0 saturated carbocycles. The van der Waals surface area contributed by atoms with E-state index in [1.165, 1.54) is 12.1 Å². The summed E-state index contributed by atoms with van der Waals surface area (Å²) in [6.45, 7) is 2.16.